The average molecular weight is 348 g/mol. The molecular weight excluding hydrogens is 327 g/mol. The van der Waals surface area contributed by atoms with Gasteiger partial charge in [-0.2, -0.15) is 0 Å². The topological polar surface area (TPSA) is 81.8 Å². The van der Waals surface area contributed by atoms with Gasteiger partial charge < -0.3 is 15.5 Å². The lowest BCUT2D eigenvalue weighted by Gasteiger charge is -2.32. The molecule has 0 saturated carbocycles. The minimum absolute atomic E-state index is 0.0123. The number of amides is 5. The molecule has 25 heavy (non-hydrogen) atoms. The molecule has 0 spiro atoms. The first kappa shape index (κ1) is 17.2. The van der Waals surface area contributed by atoms with Gasteiger partial charge in [0, 0.05) is 18.6 Å². The lowest BCUT2D eigenvalue weighted by atomic mass is 9.98. The van der Waals surface area contributed by atoms with Gasteiger partial charge in [0.1, 0.15) is 11.9 Å². The number of hydrogen-bond acceptors (Lipinski definition) is 3. The van der Waals surface area contributed by atoms with Crippen LogP contribution in [0.25, 0.3) is 0 Å². The zero-order valence-corrected chi connectivity index (χ0v) is 14.2. The van der Waals surface area contributed by atoms with Crippen molar-refractivity contribution in [3.8, 4) is 0 Å². The largest absolute Gasteiger partial charge is 0.336 e. The van der Waals surface area contributed by atoms with Crippen molar-refractivity contribution < 1.29 is 18.8 Å². The van der Waals surface area contributed by atoms with Gasteiger partial charge in [0.25, 0.3) is 5.91 Å². The van der Waals surface area contributed by atoms with E-state index in [-0.39, 0.29) is 29.7 Å². The van der Waals surface area contributed by atoms with Crippen LogP contribution < -0.4 is 15.5 Å². The Morgan fingerprint density at radius 2 is 2.08 bits per heavy atom. The van der Waals surface area contributed by atoms with E-state index in [1.165, 1.54) is 29.2 Å². The molecule has 8 heteroatoms. The Morgan fingerprint density at radius 3 is 2.76 bits per heavy atom. The molecule has 2 fully saturated rings. The van der Waals surface area contributed by atoms with Crippen LogP contribution in [0.15, 0.2) is 24.3 Å². The Kier molecular flexibility index (Phi) is 4.61. The summed E-state index contributed by atoms with van der Waals surface area (Å²) in [7, 11) is 0. The number of imide groups is 1. The summed E-state index contributed by atoms with van der Waals surface area (Å²) in [4.78, 5) is 39.6. The van der Waals surface area contributed by atoms with Crippen molar-refractivity contribution in [1.82, 2.24) is 15.5 Å². The molecule has 2 saturated heterocycles. The Morgan fingerprint density at radius 1 is 1.32 bits per heavy atom. The van der Waals surface area contributed by atoms with Gasteiger partial charge in [-0.1, -0.05) is 6.07 Å². The summed E-state index contributed by atoms with van der Waals surface area (Å²) in [5.74, 6) is -0.890. The number of fused-ring (bicyclic) bond motifs is 1. The SMILES string of the molecule is CC(C)NC(=O)NC1CCN2C(=O)N(c3cccc(F)c3)C(=O)C2C1. The molecule has 2 N–H and O–H groups in total. The van der Waals surface area contributed by atoms with Gasteiger partial charge in [0.15, 0.2) is 0 Å². The zero-order chi connectivity index (χ0) is 18.1. The second-order valence-corrected chi connectivity index (χ2v) is 6.64. The van der Waals surface area contributed by atoms with E-state index in [1.54, 1.807) is 0 Å². The number of anilines is 1. The van der Waals surface area contributed by atoms with Crippen molar-refractivity contribution in [1.29, 1.82) is 0 Å². The van der Waals surface area contributed by atoms with Gasteiger partial charge in [0.2, 0.25) is 0 Å². The number of hydrogen-bond donors (Lipinski definition) is 2. The molecule has 5 amide bonds. The number of nitrogens with zero attached hydrogens (tertiary/aromatic N) is 2. The molecule has 7 nitrogen and oxygen atoms in total. The molecule has 134 valence electrons. The quantitative estimate of drug-likeness (QED) is 0.818. The highest BCUT2D eigenvalue weighted by atomic mass is 19.1. The standard InChI is InChI=1S/C17H21FN4O3/c1-10(2)19-16(24)20-12-6-7-21-14(9-12)15(23)22(17(21)25)13-5-3-4-11(18)8-13/h3-5,8,10,12,14H,6-7,9H2,1-2H3,(H2,19,20,24). The van der Waals surface area contributed by atoms with E-state index in [9.17, 15) is 18.8 Å². The molecule has 2 unspecified atom stereocenters. The highest BCUT2D eigenvalue weighted by Crippen LogP contribution is 2.31. The van der Waals surface area contributed by atoms with Crippen LogP contribution in [-0.4, -0.2) is 47.5 Å². The number of piperidine rings is 1. The van der Waals surface area contributed by atoms with Crippen molar-refractivity contribution in [3.05, 3.63) is 30.1 Å². The number of urea groups is 2. The van der Waals surface area contributed by atoms with E-state index in [0.717, 1.165) is 4.90 Å². The average Bonchev–Trinajstić information content (AvgIpc) is 2.77. The summed E-state index contributed by atoms with van der Waals surface area (Å²) in [6, 6.07) is 3.89. The normalized spacial score (nSPS) is 23.0. The van der Waals surface area contributed by atoms with Gasteiger partial charge in [-0.25, -0.2) is 18.9 Å². The molecule has 1 aromatic rings. The summed E-state index contributed by atoms with van der Waals surface area (Å²) in [6.07, 6.45) is 0.917. The molecule has 1 aromatic carbocycles. The number of halogens is 1. The van der Waals surface area contributed by atoms with Crippen molar-refractivity contribution >= 4 is 23.7 Å². The van der Waals surface area contributed by atoms with Gasteiger partial charge in [-0.3, -0.25) is 4.79 Å². The van der Waals surface area contributed by atoms with Gasteiger partial charge >= 0.3 is 12.1 Å². The zero-order valence-electron chi connectivity index (χ0n) is 14.2. The van der Waals surface area contributed by atoms with Crippen LogP contribution in [0, 0.1) is 5.82 Å². The molecule has 0 aliphatic carbocycles. The molecule has 2 aliphatic heterocycles. The molecule has 2 aliphatic rings. The van der Waals surface area contributed by atoms with Crippen molar-refractivity contribution in [2.75, 3.05) is 11.4 Å². The monoisotopic (exact) mass is 348 g/mol. The van der Waals surface area contributed by atoms with Crippen molar-refractivity contribution in [2.45, 2.75) is 44.8 Å². The Hall–Kier alpha value is -2.64. The molecule has 0 radical (unpaired) electrons. The Balaban J connectivity index is 1.72. The highest BCUT2D eigenvalue weighted by molar-refractivity contribution is 6.21. The minimum atomic E-state index is -0.631. The third-order valence-electron chi connectivity index (χ3n) is 4.37. The minimum Gasteiger partial charge on any atom is -0.336 e. The lowest BCUT2D eigenvalue weighted by Crippen LogP contribution is -2.52. The predicted molar refractivity (Wildman–Crippen MR) is 89.6 cm³/mol. The van der Waals surface area contributed by atoms with Crippen LogP contribution in [0.3, 0.4) is 0 Å². The summed E-state index contributed by atoms with van der Waals surface area (Å²) >= 11 is 0. The maximum absolute atomic E-state index is 13.4. The van der Waals surface area contributed by atoms with Crippen LogP contribution in [0.2, 0.25) is 0 Å². The van der Waals surface area contributed by atoms with Crippen molar-refractivity contribution in [3.63, 3.8) is 0 Å². The molecular formula is C17H21FN4O3. The van der Waals surface area contributed by atoms with Crippen LogP contribution in [0.1, 0.15) is 26.7 Å². The van der Waals surface area contributed by atoms with Gasteiger partial charge in [-0.15, -0.1) is 0 Å². The molecule has 2 heterocycles. The van der Waals surface area contributed by atoms with Crippen LogP contribution in [0.5, 0.6) is 0 Å². The first-order valence-electron chi connectivity index (χ1n) is 8.34. The smallest absolute Gasteiger partial charge is 0.332 e. The Bertz CT molecular complexity index is 709. The number of nitrogens with one attached hydrogen (secondary N) is 2. The van der Waals surface area contributed by atoms with E-state index in [4.69, 9.17) is 0 Å². The Labute approximate surface area is 145 Å². The number of rotatable bonds is 3. The molecule has 0 bridgehead atoms. The van der Waals surface area contributed by atoms with Crippen LogP contribution in [0.4, 0.5) is 19.7 Å². The lowest BCUT2D eigenvalue weighted by molar-refractivity contribution is -0.120. The fourth-order valence-electron chi connectivity index (χ4n) is 3.27. The molecule has 2 atom stereocenters. The van der Waals surface area contributed by atoms with E-state index in [0.29, 0.717) is 19.4 Å². The number of benzene rings is 1. The third-order valence-corrected chi connectivity index (χ3v) is 4.37. The van der Waals surface area contributed by atoms with E-state index >= 15 is 0 Å². The number of carbonyl (C=O) groups excluding carboxylic acids is 3. The number of carbonyl (C=O) groups is 3. The van der Waals surface area contributed by atoms with Gasteiger partial charge in [0.05, 0.1) is 5.69 Å². The fourth-order valence-corrected chi connectivity index (χ4v) is 3.27. The molecule has 3 rings (SSSR count). The van der Waals surface area contributed by atoms with E-state index in [2.05, 4.69) is 10.6 Å². The highest BCUT2D eigenvalue weighted by Gasteiger charge is 2.48. The maximum Gasteiger partial charge on any atom is 0.332 e. The van der Waals surface area contributed by atoms with Crippen molar-refractivity contribution in [2.24, 2.45) is 0 Å². The molecule has 0 aromatic heterocycles. The first-order chi connectivity index (χ1) is 11.9. The van der Waals surface area contributed by atoms with E-state index < -0.39 is 17.9 Å². The van der Waals surface area contributed by atoms with Crippen LogP contribution in [-0.2, 0) is 4.79 Å². The summed E-state index contributed by atoms with van der Waals surface area (Å²) < 4.78 is 13.4. The summed E-state index contributed by atoms with van der Waals surface area (Å²) in [5.41, 5.74) is 0.228. The maximum atomic E-state index is 13.4. The third kappa shape index (κ3) is 3.42. The summed E-state index contributed by atoms with van der Waals surface area (Å²) in [6.45, 7) is 4.09. The summed E-state index contributed by atoms with van der Waals surface area (Å²) in [5, 5.41) is 5.59. The van der Waals surface area contributed by atoms with E-state index in [1.807, 2.05) is 13.8 Å². The first-order valence-corrected chi connectivity index (χ1v) is 8.34. The second-order valence-electron chi connectivity index (χ2n) is 6.64. The van der Waals surface area contributed by atoms with Gasteiger partial charge in [-0.05, 0) is 44.9 Å². The van der Waals surface area contributed by atoms with Crippen LogP contribution >= 0.6 is 0 Å². The second kappa shape index (κ2) is 6.70. The predicted octanol–water partition coefficient (Wildman–Crippen LogP) is 1.83. The fraction of sp³-hybridized carbons (Fsp3) is 0.471.